The number of nitrogens with zero attached hydrogens (tertiary/aromatic N) is 1. The maximum atomic E-state index is 4.73. The number of hydrogen-bond acceptors (Lipinski definition) is 1. The van der Waals surface area contributed by atoms with Crippen molar-refractivity contribution in [3.63, 3.8) is 0 Å². The van der Waals surface area contributed by atoms with Crippen LogP contribution in [0.3, 0.4) is 0 Å². The van der Waals surface area contributed by atoms with Crippen molar-refractivity contribution in [2.24, 2.45) is 0 Å². The van der Waals surface area contributed by atoms with Crippen LogP contribution >= 0.6 is 15.9 Å². The molecule has 84 valence electrons. The average Bonchev–Trinajstić information content (AvgIpc) is 2.26. The fraction of sp³-hybridized carbons (Fsp3) is 0.357. The Labute approximate surface area is 105 Å². The van der Waals surface area contributed by atoms with Crippen molar-refractivity contribution in [2.75, 3.05) is 0 Å². The smallest absolute Gasteiger partial charge is 0.0708 e. The first-order valence-electron chi connectivity index (χ1n) is 5.47. The van der Waals surface area contributed by atoms with Crippen LogP contribution in [0.4, 0.5) is 0 Å². The summed E-state index contributed by atoms with van der Waals surface area (Å²) in [4.78, 5) is 4.73. The highest BCUT2D eigenvalue weighted by molar-refractivity contribution is 9.08. The molecular formula is C14H16BrN. The average molecular weight is 278 g/mol. The normalized spacial score (nSPS) is 12.0. The van der Waals surface area contributed by atoms with Gasteiger partial charge in [0.2, 0.25) is 0 Å². The SMILES string of the molecule is CC(C)(C)c1cc(CBr)c2ccccc2n1. The van der Waals surface area contributed by atoms with Crippen molar-refractivity contribution in [1.82, 2.24) is 4.98 Å². The minimum atomic E-state index is 0.0982. The second-order valence-electron chi connectivity index (χ2n) is 5.07. The number of aromatic nitrogens is 1. The van der Waals surface area contributed by atoms with Gasteiger partial charge in [-0.05, 0) is 17.7 Å². The van der Waals surface area contributed by atoms with Crippen LogP contribution < -0.4 is 0 Å². The van der Waals surface area contributed by atoms with E-state index in [1.165, 1.54) is 10.9 Å². The zero-order valence-corrected chi connectivity index (χ0v) is 11.5. The summed E-state index contributed by atoms with van der Waals surface area (Å²) in [5, 5.41) is 2.12. The van der Waals surface area contributed by atoms with Crippen LogP contribution in [0.1, 0.15) is 32.0 Å². The first-order chi connectivity index (χ1) is 7.52. The van der Waals surface area contributed by atoms with Crippen molar-refractivity contribution in [3.8, 4) is 0 Å². The number of alkyl halides is 1. The summed E-state index contributed by atoms with van der Waals surface area (Å²) in [6, 6.07) is 10.5. The molecule has 0 atom stereocenters. The monoisotopic (exact) mass is 277 g/mol. The zero-order chi connectivity index (χ0) is 11.8. The standard InChI is InChI=1S/C14H16BrN/c1-14(2,3)13-8-10(9-15)11-6-4-5-7-12(11)16-13/h4-8H,9H2,1-3H3. The highest BCUT2D eigenvalue weighted by Gasteiger charge is 2.17. The van der Waals surface area contributed by atoms with Gasteiger partial charge in [-0.3, -0.25) is 4.98 Å². The lowest BCUT2D eigenvalue weighted by Gasteiger charge is -2.19. The third-order valence-electron chi connectivity index (χ3n) is 2.71. The second-order valence-corrected chi connectivity index (χ2v) is 5.63. The largest absolute Gasteiger partial charge is 0.252 e. The summed E-state index contributed by atoms with van der Waals surface area (Å²) in [6.07, 6.45) is 0. The fourth-order valence-corrected chi connectivity index (χ4v) is 2.21. The molecule has 0 radical (unpaired) electrons. The van der Waals surface area contributed by atoms with Crippen LogP contribution in [0.5, 0.6) is 0 Å². The van der Waals surface area contributed by atoms with Gasteiger partial charge < -0.3 is 0 Å². The maximum Gasteiger partial charge on any atom is 0.0708 e. The number of rotatable bonds is 1. The van der Waals surface area contributed by atoms with Crippen molar-refractivity contribution < 1.29 is 0 Å². The van der Waals surface area contributed by atoms with Crippen molar-refractivity contribution in [2.45, 2.75) is 31.5 Å². The first kappa shape index (κ1) is 11.6. The van der Waals surface area contributed by atoms with Gasteiger partial charge >= 0.3 is 0 Å². The molecule has 0 N–H and O–H groups in total. The van der Waals surface area contributed by atoms with Gasteiger partial charge in [-0.15, -0.1) is 0 Å². The molecule has 0 spiro atoms. The summed E-state index contributed by atoms with van der Waals surface area (Å²) in [7, 11) is 0. The van der Waals surface area contributed by atoms with Crippen molar-refractivity contribution in [1.29, 1.82) is 0 Å². The molecule has 1 nitrogen and oxygen atoms in total. The summed E-state index contributed by atoms with van der Waals surface area (Å²) < 4.78 is 0. The molecule has 0 unspecified atom stereocenters. The van der Waals surface area contributed by atoms with E-state index in [2.05, 4.69) is 61.0 Å². The number of benzene rings is 1. The van der Waals surface area contributed by atoms with E-state index in [1.54, 1.807) is 0 Å². The van der Waals surface area contributed by atoms with E-state index >= 15 is 0 Å². The van der Waals surface area contributed by atoms with Gasteiger partial charge in [-0.2, -0.15) is 0 Å². The Bertz CT molecular complexity index is 512. The molecule has 1 aromatic carbocycles. The molecule has 16 heavy (non-hydrogen) atoms. The lowest BCUT2D eigenvalue weighted by molar-refractivity contribution is 0.571. The van der Waals surface area contributed by atoms with E-state index in [9.17, 15) is 0 Å². The van der Waals surface area contributed by atoms with E-state index < -0.39 is 0 Å². The highest BCUT2D eigenvalue weighted by Crippen LogP contribution is 2.27. The Morgan fingerprint density at radius 2 is 1.88 bits per heavy atom. The topological polar surface area (TPSA) is 12.9 Å². The van der Waals surface area contributed by atoms with Gasteiger partial charge in [0.15, 0.2) is 0 Å². The molecule has 2 rings (SSSR count). The third kappa shape index (κ3) is 2.12. The van der Waals surface area contributed by atoms with Gasteiger partial charge in [-0.1, -0.05) is 54.9 Å². The number of halogens is 1. The quantitative estimate of drug-likeness (QED) is 0.703. The fourth-order valence-electron chi connectivity index (χ4n) is 1.74. The van der Waals surface area contributed by atoms with Gasteiger partial charge in [0, 0.05) is 21.8 Å². The molecule has 0 aliphatic carbocycles. The van der Waals surface area contributed by atoms with E-state index in [1.807, 2.05) is 6.07 Å². The van der Waals surface area contributed by atoms with E-state index in [0.29, 0.717) is 0 Å². The van der Waals surface area contributed by atoms with Crippen LogP contribution in [-0.4, -0.2) is 4.98 Å². The van der Waals surface area contributed by atoms with Crippen molar-refractivity contribution >= 4 is 26.8 Å². The molecule has 2 heteroatoms. The van der Waals surface area contributed by atoms with Gasteiger partial charge in [0.05, 0.1) is 5.52 Å². The van der Waals surface area contributed by atoms with E-state index in [-0.39, 0.29) is 5.41 Å². The Morgan fingerprint density at radius 1 is 1.19 bits per heavy atom. The summed E-state index contributed by atoms with van der Waals surface area (Å²) in [5.41, 5.74) is 3.65. The van der Waals surface area contributed by atoms with Crippen LogP contribution in [0.25, 0.3) is 10.9 Å². The molecule has 1 aromatic heterocycles. The van der Waals surface area contributed by atoms with Crippen LogP contribution in [0.15, 0.2) is 30.3 Å². The molecule has 0 aliphatic heterocycles. The van der Waals surface area contributed by atoms with Gasteiger partial charge in [0.25, 0.3) is 0 Å². The second kappa shape index (κ2) is 4.17. The minimum Gasteiger partial charge on any atom is -0.252 e. The molecule has 0 fully saturated rings. The molecule has 0 amide bonds. The Morgan fingerprint density at radius 3 is 2.50 bits per heavy atom. The minimum absolute atomic E-state index is 0.0982. The maximum absolute atomic E-state index is 4.73. The predicted molar refractivity (Wildman–Crippen MR) is 73.1 cm³/mol. The number of fused-ring (bicyclic) bond motifs is 1. The first-order valence-corrected chi connectivity index (χ1v) is 6.59. The summed E-state index contributed by atoms with van der Waals surface area (Å²) in [5.74, 6) is 0. The molecular weight excluding hydrogens is 262 g/mol. The number of hydrogen-bond donors (Lipinski definition) is 0. The molecule has 0 aliphatic rings. The Balaban J connectivity index is 2.73. The van der Waals surface area contributed by atoms with Gasteiger partial charge in [0.1, 0.15) is 0 Å². The highest BCUT2D eigenvalue weighted by atomic mass is 79.9. The lowest BCUT2D eigenvalue weighted by atomic mass is 9.90. The van der Waals surface area contributed by atoms with Crippen molar-refractivity contribution in [3.05, 3.63) is 41.6 Å². The molecule has 0 saturated heterocycles. The molecule has 1 heterocycles. The Kier molecular flexibility index (Phi) is 3.02. The van der Waals surface area contributed by atoms with Crippen LogP contribution in [0.2, 0.25) is 0 Å². The summed E-state index contributed by atoms with van der Waals surface area (Å²) in [6.45, 7) is 6.59. The molecule has 0 bridgehead atoms. The van der Waals surface area contributed by atoms with E-state index in [4.69, 9.17) is 4.98 Å². The molecule has 0 saturated carbocycles. The lowest BCUT2D eigenvalue weighted by Crippen LogP contribution is -2.14. The third-order valence-corrected chi connectivity index (χ3v) is 3.32. The van der Waals surface area contributed by atoms with Crippen LogP contribution in [0, 0.1) is 0 Å². The van der Waals surface area contributed by atoms with E-state index in [0.717, 1.165) is 16.5 Å². The zero-order valence-electron chi connectivity index (χ0n) is 9.92. The van der Waals surface area contributed by atoms with Crippen LogP contribution in [-0.2, 0) is 10.7 Å². The summed E-state index contributed by atoms with van der Waals surface area (Å²) >= 11 is 3.55. The molecule has 2 aromatic rings. The predicted octanol–water partition coefficient (Wildman–Crippen LogP) is 4.43. The van der Waals surface area contributed by atoms with Gasteiger partial charge in [-0.25, -0.2) is 0 Å². The number of para-hydroxylation sites is 1. The Hall–Kier alpha value is -0.890. The number of pyridine rings is 1.